The van der Waals surface area contributed by atoms with Crippen molar-refractivity contribution in [1.82, 2.24) is 10.2 Å². The summed E-state index contributed by atoms with van der Waals surface area (Å²) in [4.78, 5) is 14.2. The molecule has 0 saturated carbocycles. The zero-order valence-corrected chi connectivity index (χ0v) is 15.5. The largest absolute Gasteiger partial charge is 0.494 e. The molecule has 1 aliphatic rings. The van der Waals surface area contributed by atoms with Crippen molar-refractivity contribution in [2.45, 2.75) is 32.4 Å². The number of methoxy groups -OCH3 is 1. The van der Waals surface area contributed by atoms with Gasteiger partial charge in [0.2, 0.25) is 5.91 Å². The molecule has 4 nitrogen and oxygen atoms in total. The standard InChI is InChI=1S/C15H20Br2N2O2/c1-10(15(20)19-5-3-4-6-19)18-9-11-7-12(16)14(21-2)13(17)8-11/h7-8,10,18H,3-6,9H2,1-2H3. The Balaban J connectivity index is 1.94. The molecule has 0 radical (unpaired) electrons. The van der Waals surface area contributed by atoms with Crippen molar-refractivity contribution in [2.75, 3.05) is 20.2 Å². The van der Waals surface area contributed by atoms with Gasteiger partial charge in [-0.15, -0.1) is 0 Å². The number of nitrogens with one attached hydrogen (secondary N) is 1. The molecule has 1 atom stereocenters. The Kier molecular flexibility index (Phi) is 6.08. The molecule has 1 amide bonds. The minimum Gasteiger partial charge on any atom is -0.494 e. The zero-order chi connectivity index (χ0) is 15.4. The fourth-order valence-electron chi connectivity index (χ4n) is 2.48. The van der Waals surface area contributed by atoms with Crippen molar-refractivity contribution in [2.24, 2.45) is 0 Å². The van der Waals surface area contributed by atoms with Gasteiger partial charge in [0.05, 0.1) is 22.1 Å². The van der Waals surface area contributed by atoms with Crippen LogP contribution in [0.2, 0.25) is 0 Å². The number of rotatable bonds is 5. The Morgan fingerprint density at radius 2 is 1.90 bits per heavy atom. The molecule has 0 bridgehead atoms. The molecule has 0 aromatic heterocycles. The molecule has 1 fully saturated rings. The van der Waals surface area contributed by atoms with Crippen molar-refractivity contribution in [3.05, 3.63) is 26.6 Å². The van der Waals surface area contributed by atoms with Crippen molar-refractivity contribution in [3.8, 4) is 5.75 Å². The first kappa shape index (κ1) is 16.8. The van der Waals surface area contributed by atoms with Crippen LogP contribution < -0.4 is 10.1 Å². The van der Waals surface area contributed by atoms with Gasteiger partial charge in [0.25, 0.3) is 0 Å². The topological polar surface area (TPSA) is 41.6 Å². The maximum absolute atomic E-state index is 12.2. The lowest BCUT2D eigenvalue weighted by molar-refractivity contribution is -0.131. The maximum Gasteiger partial charge on any atom is 0.239 e. The van der Waals surface area contributed by atoms with Crippen LogP contribution in [0.1, 0.15) is 25.3 Å². The van der Waals surface area contributed by atoms with Crippen molar-refractivity contribution < 1.29 is 9.53 Å². The molecule has 1 aromatic carbocycles. The molecule has 1 aliphatic heterocycles. The van der Waals surface area contributed by atoms with E-state index < -0.39 is 0 Å². The van der Waals surface area contributed by atoms with Gasteiger partial charge in [-0.25, -0.2) is 0 Å². The van der Waals surface area contributed by atoms with Crippen LogP contribution in [0.4, 0.5) is 0 Å². The molecule has 1 aromatic rings. The number of ether oxygens (including phenoxy) is 1. The van der Waals surface area contributed by atoms with E-state index in [-0.39, 0.29) is 11.9 Å². The molecular weight excluding hydrogens is 400 g/mol. The molecule has 0 aliphatic carbocycles. The van der Waals surface area contributed by atoms with Crippen LogP contribution in [0.15, 0.2) is 21.1 Å². The Hall–Kier alpha value is -0.590. The normalized spacial score (nSPS) is 16.1. The second-order valence-electron chi connectivity index (χ2n) is 5.23. The number of halogens is 2. The lowest BCUT2D eigenvalue weighted by Gasteiger charge is -2.21. The highest BCUT2D eigenvalue weighted by molar-refractivity contribution is 9.11. The summed E-state index contributed by atoms with van der Waals surface area (Å²) >= 11 is 6.98. The summed E-state index contributed by atoms with van der Waals surface area (Å²) in [5, 5.41) is 3.29. The van der Waals surface area contributed by atoms with Crippen LogP contribution in [-0.4, -0.2) is 37.0 Å². The first-order valence-corrected chi connectivity index (χ1v) is 8.65. The maximum atomic E-state index is 12.2. The molecule has 21 heavy (non-hydrogen) atoms. The highest BCUT2D eigenvalue weighted by Crippen LogP contribution is 2.34. The number of carbonyl (C=O) groups is 1. The monoisotopic (exact) mass is 418 g/mol. The highest BCUT2D eigenvalue weighted by atomic mass is 79.9. The van der Waals surface area contributed by atoms with Crippen LogP contribution in [0.3, 0.4) is 0 Å². The Morgan fingerprint density at radius 1 is 1.33 bits per heavy atom. The van der Waals surface area contributed by atoms with Crippen LogP contribution in [0, 0.1) is 0 Å². The first-order valence-electron chi connectivity index (χ1n) is 7.07. The summed E-state index contributed by atoms with van der Waals surface area (Å²) in [5.74, 6) is 0.971. The van der Waals surface area contributed by atoms with E-state index in [1.807, 2.05) is 24.0 Å². The minimum atomic E-state index is -0.164. The summed E-state index contributed by atoms with van der Waals surface area (Å²) in [5.41, 5.74) is 1.09. The molecule has 1 N–H and O–H groups in total. The molecule has 116 valence electrons. The molecule has 0 spiro atoms. The summed E-state index contributed by atoms with van der Waals surface area (Å²) in [6.07, 6.45) is 2.24. The molecule has 1 unspecified atom stereocenters. The van der Waals surface area contributed by atoms with Gasteiger partial charge in [0, 0.05) is 19.6 Å². The Labute approximate surface area is 142 Å². The number of hydrogen-bond donors (Lipinski definition) is 1. The van der Waals surface area contributed by atoms with Gasteiger partial charge in [-0.05, 0) is 69.3 Å². The fourth-order valence-corrected chi connectivity index (χ4v) is 4.08. The van der Waals surface area contributed by atoms with Crippen LogP contribution in [-0.2, 0) is 11.3 Å². The van der Waals surface area contributed by atoms with E-state index in [1.54, 1.807) is 7.11 Å². The average molecular weight is 420 g/mol. The second-order valence-corrected chi connectivity index (χ2v) is 6.94. The van der Waals surface area contributed by atoms with E-state index in [1.165, 1.54) is 0 Å². The quantitative estimate of drug-likeness (QED) is 0.795. The van der Waals surface area contributed by atoms with Crippen LogP contribution in [0.25, 0.3) is 0 Å². The van der Waals surface area contributed by atoms with Crippen molar-refractivity contribution in [1.29, 1.82) is 0 Å². The zero-order valence-electron chi connectivity index (χ0n) is 12.3. The lowest BCUT2D eigenvalue weighted by atomic mass is 10.2. The van der Waals surface area contributed by atoms with Gasteiger partial charge in [-0.3, -0.25) is 4.79 Å². The molecule has 1 saturated heterocycles. The predicted molar refractivity (Wildman–Crippen MR) is 90.5 cm³/mol. The number of carbonyl (C=O) groups excluding carboxylic acids is 1. The van der Waals surface area contributed by atoms with Gasteiger partial charge in [0.1, 0.15) is 5.75 Å². The number of amides is 1. The predicted octanol–water partition coefficient (Wildman–Crippen LogP) is 3.32. The number of likely N-dealkylation sites (tertiary alicyclic amines) is 1. The SMILES string of the molecule is COc1c(Br)cc(CNC(C)C(=O)N2CCCC2)cc1Br. The third-order valence-corrected chi connectivity index (χ3v) is 4.84. The molecule has 2 rings (SSSR count). The van der Waals surface area contributed by atoms with Gasteiger partial charge in [-0.1, -0.05) is 0 Å². The summed E-state index contributed by atoms with van der Waals surface area (Å²) < 4.78 is 7.08. The molecule has 6 heteroatoms. The highest BCUT2D eigenvalue weighted by Gasteiger charge is 2.22. The summed E-state index contributed by atoms with van der Waals surface area (Å²) in [6, 6.07) is 3.84. The third-order valence-electron chi connectivity index (χ3n) is 3.66. The van der Waals surface area contributed by atoms with Crippen molar-refractivity contribution >= 4 is 37.8 Å². The van der Waals surface area contributed by atoms with Gasteiger partial charge in [0.15, 0.2) is 0 Å². The Morgan fingerprint density at radius 3 is 2.43 bits per heavy atom. The lowest BCUT2D eigenvalue weighted by Crippen LogP contribution is -2.43. The van der Waals surface area contributed by atoms with E-state index in [9.17, 15) is 4.79 Å². The van der Waals surface area contributed by atoms with Gasteiger partial charge < -0.3 is 15.0 Å². The number of benzene rings is 1. The summed E-state index contributed by atoms with van der Waals surface area (Å²) in [6.45, 7) is 4.35. The fraction of sp³-hybridized carbons (Fsp3) is 0.533. The Bertz CT molecular complexity index is 493. The van der Waals surface area contributed by atoms with Crippen LogP contribution >= 0.6 is 31.9 Å². The molecular formula is C15H20Br2N2O2. The van der Waals surface area contributed by atoms with Crippen LogP contribution in [0.5, 0.6) is 5.75 Å². The second kappa shape index (κ2) is 7.61. The first-order chi connectivity index (χ1) is 10.0. The minimum absolute atomic E-state index is 0.164. The molecule has 1 heterocycles. The van der Waals surface area contributed by atoms with E-state index >= 15 is 0 Å². The van der Waals surface area contributed by atoms with E-state index in [0.29, 0.717) is 6.54 Å². The van der Waals surface area contributed by atoms with E-state index in [2.05, 4.69) is 37.2 Å². The summed E-state index contributed by atoms with van der Waals surface area (Å²) in [7, 11) is 1.64. The van der Waals surface area contributed by atoms with Gasteiger partial charge >= 0.3 is 0 Å². The van der Waals surface area contributed by atoms with Crippen molar-refractivity contribution in [3.63, 3.8) is 0 Å². The van der Waals surface area contributed by atoms with E-state index in [0.717, 1.165) is 46.2 Å². The number of nitrogens with zero attached hydrogens (tertiary/aromatic N) is 1. The average Bonchev–Trinajstić information content (AvgIpc) is 2.97. The smallest absolute Gasteiger partial charge is 0.239 e. The van der Waals surface area contributed by atoms with E-state index in [4.69, 9.17) is 4.74 Å². The number of hydrogen-bond acceptors (Lipinski definition) is 3. The third kappa shape index (κ3) is 4.20. The van der Waals surface area contributed by atoms with Gasteiger partial charge in [-0.2, -0.15) is 0 Å².